The van der Waals surface area contributed by atoms with E-state index in [1.807, 2.05) is 46.8 Å². The highest BCUT2D eigenvalue weighted by molar-refractivity contribution is 7.98. The molecular formula is C18H22N4O2S. The zero-order valence-electron chi connectivity index (χ0n) is 15.1. The van der Waals surface area contributed by atoms with Crippen molar-refractivity contribution in [3.63, 3.8) is 0 Å². The monoisotopic (exact) mass is 358 g/mol. The average molecular weight is 358 g/mol. The van der Waals surface area contributed by atoms with Crippen LogP contribution in [0.2, 0.25) is 0 Å². The summed E-state index contributed by atoms with van der Waals surface area (Å²) in [5.41, 5.74) is 3.10. The van der Waals surface area contributed by atoms with Crippen LogP contribution in [-0.2, 0) is 11.2 Å². The van der Waals surface area contributed by atoms with Crippen LogP contribution in [0.3, 0.4) is 0 Å². The molecule has 0 radical (unpaired) electrons. The fourth-order valence-electron chi connectivity index (χ4n) is 2.67. The normalized spacial score (nSPS) is 12.0. The Morgan fingerprint density at radius 3 is 2.60 bits per heavy atom. The summed E-state index contributed by atoms with van der Waals surface area (Å²) in [5, 5.41) is 9.93. The minimum atomic E-state index is -0.346. The number of thioether (sulfide) groups is 1. The molecule has 3 rings (SSSR count). The summed E-state index contributed by atoms with van der Waals surface area (Å²) in [4.78, 5) is 11.9. The van der Waals surface area contributed by atoms with Crippen LogP contribution in [0, 0.1) is 13.8 Å². The predicted octanol–water partition coefficient (Wildman–Crippen LogP) is 3.30. The van der Waals surface area contributed by atoms with Crippen LogP contribution < -0.4 is 11.5 Å². The van der Waals surface area contributed by atoms with Gasteiger partial charge in [0, 0.05) is 22.6 Å². The molecule has 1 aromatic carbocycles. The van der Waals surface area contributed by atoms with Gasteiger partial charge in [-0.1, -0.05) is 44.7 Å². The van der Waals surface area contributed by atoms with E-state index in [2.05, 4.69) is 10.2 Å². The standard InChI is InChI=1S/C18H22N4O2S/c1-10-6-7-13-12(8-14(23)24-15(13)11(10)2)9-25-17-21-20-16(22(17)19)18(3,4)5/h6-8H,9,19H2,1-5H3. The third-order valence-electron chi connectivity index (χ3n) is 4.21. The summed E-state index contributed by atoms with van der Waals surface area (Å²) < 4.78 is 6.94. The topological polar surface area (TPSA) is 86.9 Å². The number of aromatic nitrogens is 3. The van der Waals surface area contributed by atoms with Crippen LogP contribution >= 0.6 is 11.8 Å². The Morgan fingerprint density at radius 1 is 1.24 bits per heavy atom. The van der Waals surface area contributed by atoms with Gasteiger partial charge in [0.1, 0.15) is 5.58 Å². The fourth-order valence-corrected chi connectivity index (χ4v) is 3.52. The lowest BCUT2D eigenvalue weighted by Crippen LogP contribution is -2.24. The molecule has 25 heavy (non-hydrogen) atoms. The molecule has 3 aromatic rings. The second-order valence-electron chi connectivity index (χ2n) is 7.19. The van der Waals surface area contributed by atoms with Gasteiger partial charge < -0.3 is 10.3 Å². The first-order chi connectivity index (χ1) is 11.7. The molecule has 6 nitrogen and oxygen atoms in total. The van der Waals surface area contributed by atoms with E-state index in [9.17, 15) is 4.79 Å². The Balaban J connectivity index is 1.96. The van der Waals surface area contributed by atoms with E-state index in [4.69, 9.17) is 10.3 Å². The summed E-state index contributed by atoms with van der Waals surface area (Å²) in [6, 6.07) is 5.56. The number of nitrogens with two attached hydrogens (primary N) is 1. The summed E-state index contributed by atoms with van der Waals surface area (Å²) >= 11 is 1.45. The van der Waals surface area contributed by atoms with E-state index in [-0.39, 0.29) is 11.0 Å². The highest BCUT2D eigenvalue weighted by Gasteiger charge is 2.23. The van der Waals surface area contributed by atoms with Gasteiger partial charge in [0.2, 0.25) is 5.16 Å². The number of rotatable bonds is 3. The van der Waals surface area contributed by atoms with Crippen molar-refractivity contribution < 1.29 is 4.42 Å². The molecule has 0 bridgehead atoms. The first-order valence-electron chi connectivity index (χ1n) is 8.05. The van der Waals surface area contributed by atoms with E-state index in [1.54, 1.807) is 0 Å². The average Bonchev–Trinajstić information content (AvgIpc) is 2.90. The van der Waals surface area contributed by atoms with Crippen molar-refractivity contribution in [2.75, 3.05) is 5.84 Å². The lowest BCUT2D eigenvalue weighted by atomic mass is 9.96. The molecule has 0 saturated carbocycles. The second kappa shape index (κ2) is 6.22. The SMILES string of the molecule is Cc1ccc2c(CSc3nnc(C(C)(C)C)n3N)cc(=O)oc2c1C. The van der Waals surface area contributed by atoms with Gasteiger partial charge in [0.15, 0.2) is 5.82 Å². The van der Waals surface area contributed by atoms with Gasteiger partial charge in [0.05, 0.1) is 0 Å². The van der Waals surface area contributed by atoms with Crippen LogP contribution in [0.15, 0.2) is 32.6 Å². The number of nitrogens with zero attached hydrogens (tertiary/aromatic N) is 3. The van der Waals surface area contributed by atoms with Crippen LogP contribution in [-0.4, -0.2) is 14.9 Å². The fraction of sp³-hybridized carbons (Fsp3) is 0.389. The molecule has 0 saturated heterocycles. The maximum atomic E-state index is 11.9. The first kappa shape index (κ1) is 17.5. The Morgan fingerprint density at radius 2 is 1.96 bits per heavy atom. The minimum Gasteiger partial charge on any atom is -0.422 e. The molecule has 0 aliphatic heterocycles. The van der Waals surface area contributed by atoms with Crippen molar-refractivity contribution in [2.24, 2.45) is 0 Å². The molecule has 0 amide bonds. The van der Waals surface area contributed by atoms with Gasteiger partial charge in [-0.15, -0.1) is 10.2 Å². The molecule has 2 heterocycles. The van der Waals surface area contributed by atoms with Crippen molar-refractivity contribution in [3.05, 3.63) is 51.1 Å². The molecule has 0 fully saturated rings. The number of fused-ring (bicyclic) bond motifs is 1. The van der Waals surface area contributed by atoms with Crippen molar-refractivity contribution in [2.45, 2.75) is 50.9 Å². The highest BCUT2D eigenvalue weighted by atomic mass is 32.2. The third-order valence-corrected chi connectivity index (χ3v) is 5.20. The van der Waals surface area contributed by atoms with Crippen LogP contribution in [0.1, 0.15) is 43.3 Å². The predicted molar refractivity (Wildman–Crippen MR) is 100 cm³/mol. The van der Waals surface area contributed by atoms with Gasteiger partial charge >= 0.3 is 5.63 Å². The summed E-state index contributed by atoms with van der Waals surface area (Å²) in [6.45, 7) is 10.1. The molecule has 2 aromatic heterocycles. The van der Waals surface area contributed by atoms with Crippen LogP contribution in [0.25, 0.3) is 11.0 Å². The van der Waals surface area contributed by atoms with Gasteiger partial charge in [0.25, 0.3) is 0 Å². The number of aryl methyl sites for hydroxylation is 2. The quantitative estimate of drug-likeness (QED) is 0.439. The maximum Gasteiger partial charge on any atom is 0.336 e. The van der Waals surface area contributed by atoms with E-state index < -0.39 is 0 Å². The van der Waals surface area contributed by atoms with Crippen molar-refractivity contribution in [1.82, 2.24) is 14.9 Å². The van der Waals surface area contributed by atoms with E-state index in [0.717, 1.165) is 27.9 Å². The van der Waals surface area contributed by atoms with Crippen LogP contribution in [0.5, 0.6) is 0 Å². The third kappa shape index (κ3) is 3.28. The van der Waals surface area contributed by atoms with Crippen molar-refractivity contribution >= 4 is 22.7 Å². The lowest BCUT2D eigenvalue weighted by molar-refractivity contribution is 0.523. The molecular weight excluding hydrogens is 336 g/mol. The highest BCUT2D eigenvalue weighted by Crippen LogP contribution is 2.29. The smallest absolute Gasteiger partial charge is 0.336 e. The molecule has 7 heteroatoms. The molecule has 0 spiro atoms. The Labute approximate surface area is 150 Å². The zero-order valence-corrected chi connectivity index (χ0v) is 15.9. The molecule has 0 unspecified atom stereocenters. The Hall–Kier alpha value is -2.28. The maximum absolute atomic E-state index is 11.9. The number of hydrogen-bond acceptors (Lipinski definition) is 6. The molecule has 2 N–H and O–H groups in total. The van der Waals surface area contributed by atoms with Gasteiger partial charge in [-0.2, -0.15) is 0 Å². The summed E-state index contributed by atoms with van der Waals surface area (Å²) in [7, 11) is 0. The lowest BCUT2D eigenvalue weighted by Gasteiger charge is -2.16. The summed E-state index contributed by atoms with van der Waals surface area (Å²) in [5.74, 6) is 7.41. The Bertz CT molecular complexity index is 999. The zero-order chi connectivity index (χ0) is 18.4. The largest absolute Gasteiger partial charge is 0.422 e. The number of benzene rings is 1. The molecule has 0 atom stereocenters. The first-order valence-corrected chi connectivity index (χ1v) is 9.03. The van der Waals surface area contributed by atoms with Crippen LogP contribution in [0.4, 0.5) is 0 Å². The molecule has 0 aliphatic rings. The minimum absolute atomic E-state index is 0.185. The number of hydrogen-bond donors (Lipinski definition) is 1. The van der Waals surface area contributed by atoms with E-state index >= 15 is 0 Å². The summed E-state index contributed by atoms with van der Waals surface area (Å²) in [6.07, 6.45) is 0. The van der Waals surface area contributed by atoms with Crippen molar-refractivity contribution in [3.8, 4) is 0 Å². The molecule has 0 aliphatic carbocycles. The number of nitrogen functional groups attached to an aromatic ring is 1. The Kier molecular flexibility index (Phi) is 4.36. The van der Waals surface area contributed by atoms with Crippen molar-refractivity contribution in [1.29, 1.82) is 0 Å². The second-order valence-corrected chi connectivity index (χ2v) is 8.13. The van der Waals surface area contributed by atoms with E-state index in [0.29, 0.717) is 16.5 Å². The van der Waals surface area contributed by atoms with Gasteiger partial charge in [-0.3, -0.25) is 0 Å². The van der Waals surface area contributed by atoms with Gasteiger partial charge in [-0.05, 0) is 30.5 Å². The van der Waals surface area contributed by atoms with Gasteiger partial charge in [-0.25, -0.2) is 9.47 Å². The molecule has 132 valence electrons. The van der Waals surface area contributed by atoms with E-state index in [1.165, 1.54) is 22.5 Å².